The van der Waals surface area contributed by atoms with Crippen molar-refractivity contribution in [1.82, 2.24) is 24.1 Å². The second kappa shape index (κ2) is 11.3. The van der Waals surface area contributed by atoms with Crippen molar-refractivity contribution in [3.63, 3.8) is 0 Å². The van der Waals surface area contributed by atoms with E-state index in [1.54, 1.807) is 0 Å². The Balaban J connectivity index is 1.15. The Morgan fingerprint density at radius 3 is 1.57 bits per heavy atom. The predicted molar refractivity (Wildman–Crippen MR) is 201 cm³/mol. The molecule has 0 atom stereocenters. The van der Waals surface area contributed by atoms with E-state index in [0.717, 1.165) is 34.6 Å². The highest BCUT2D eigenvalue weighted by molar-refractivity contribution is 6.12. The average Bonchev–Trinajstić information content (AvgIpc) is 3.88. The number of aromatic nitrogens is 5. The second-order valence-corrected chi connectivity index (χ2v) is 13.2. The van der Waals surface area contributed by atoms with Gasteiger partial charge in [-0.25, -0.2) is 4.98 Å². The van der Waals surface area contributed by atoms with Crippen molar-refractivity contribution in [1.29, 1.82) is 0 Å². The molecule has 10 rings (SSSR count). The van der Waals surface area contributed by atoms with E-state index in [1.807, 2.05) is 60.7 Å². The molecular weight excluding hydrogens is 599 g/mol. The molecular formula is C44H33N5. The van der Waals surface area contributed by atoms with Crippen molar-refractivity contribution in [2.45, 2.75) is 25.8 Å². The van der Waals surface area contributed by atoms with Crippen LogP contribution in [-0.2, 0) is 6.54 Å². The summed E-state index contributed by atoms with van der Waals surface area (Å²) in [6.45, 7) is 1.08. The summed E-state index contributed by atoms with van der Waals surface area (Å²) >= 11 is 0. The van der Waals surface area contributed by atoms with Gasteiger partial charge in [0, 0.05) is 50.2 Å². The third-order valence-electron chi connectivity index (χ3n) is 10.1. The topological polar surface area (TPSA) is 48.5 Å². The van der Waals surface area contributed by atoms with E-state index >= 15 is 0 Å². The maximum atomic E-state index is 5.09. The summed E-state index contributed by atoms with van der Waals surface area (Å²) in [6, 6.07) is 51.5. The Kier molecular flexibility index (Phi) is 6.44. The van der Waals surface area contributed by atoms with Gasteiger partial charge < -0.3 is 4.57 Å². The van der Waals surface area contributed by atoms with Crippen LogP contribution in [0.1, 0.15) is 19.3 Å². The first-order valence-electron chi connectivity index (χ1n) is 17.2. The van der Waals surface area contributed by atoms with Crippen LogP contribution in [0.25, 0.3) is 83.5 Å². The number of rotatable bonds is 7. The van der Waals surface area contributed by atoms with Gasteiger partial charge in [-0.2, -0.15) is 9.97 Å². The molecule has 0 aliphatic heterocycles. The molecule has 1 saturated carbocycles. The van der Waals surface area contributed by atoms with Crippen molar-refractivity contribution in [2.24, 2.45) is 5.92 Å². The van der Waals surface area contributed by atoms with Crippen LogP contribution < -0.4 is 0 Å². The van der Waals surface area contributed by atoms with Crippen LogP contribution in [0.4, 0.5) is 0 Å². The zero-order chi connectivity index (χ0) is 32.3. The number of fused-ring (bicyclic) bond motifs is 6. The maximum Gasteiger partial charge on any atom is 0.238 e. The zero-order valence-corrected chi connectivity index (χ0v) is 27.0. The van der Waals surface area contributed by atoms with Gasteiger partial charge in [-0.15, -0.1) is 0 Å². The third-order valence-corrected chi connectivity index (χ3v) is 10.1. The van der Waals surface area contributed by atoms with Gasteiger partial charge in [0.25, 0.3) is 0 Å². The fourth-order valence-electron chi connectivity index (χ4n) is 7.46. The van der Waals surface area contributed by atoms with Crippen molar-refractivity contribution >= 4 is 43.6 Å². The van der Waals surface area contributed by atoms with Gasteiger partial charge >= 0.3 is 0 Å². The molecule has 49 heavy (non-hydrogen) atoms. The molecule has 1 aliphatic rings. The Hall–Kier alpha value is -6.07. The molecule has 0 spiro atoms. The molecule has 234 valence electrons. The highest BCUT2D eigenvalue weighted by Gasteiger charge is 2.22. The number of hydrogen-bond acceptors (Lipinski definition) is 3. The normalized spacial score (nSPS) is 13.2. The van der Waals surface area contributed by atoms with Crippen LogP contribution in [0.5, 0.6) is 0 Å². The van der Waals surface area contributed by atoms with E-state index in [2.05, 4.69) is 94.1 Å². The molecule has 0 unspecified atom stereocenters. The van der Waals surface area contributed by atoms with Crippen molar-refractivity contribution in [2.75, 3.05) is 0 Å². The summed E-state index contributed by atoms with van der Waals surface area (Å²) in [5.41, 5.74) is 9.09. The minimum Gasteiger partial charge on any atom is -0.340 e. The van der Waals surface area contributed by atoms with Gasteiger partial charge in [-0.1, -0.05) is 122 Å². The first kappa shape index (κ1) is 28.0. The molecule has 0 bridgehead atoms. The molecule has 0 N–H and O–H groups in total. The van der Waals surface area contributed by atoms with Crippen LogP contribution in [0, 0.1) is 5.92 Å². The van der Waals surface area contributed by atoms with Crippen LogP contribution in [-0.4, -0.2) is 24.1 Å². The lowest BCUT2D eigenvalue weighted by atomic mass is 10.0. The van der Waals surface area contributed by atoms with E-state index in [4.69, 9.17) is 15.0 Å². The molecule has 0 saturated heterocycles. The van der Waals surface area contributed by atoms with E-state index in [9.17, 15) is 0 Å². The Morgan fingerprint density at radius 2 is 0.939 bits per heavy atom. The summed E-state index contributed by atoms with van der Waals surface area (Å²) < 4.78 is 4.72. The van der Waals surface area contributed by atoms with Crippen LogP contribution in [0.2, 0.25) is 0 Å². The Morgan fingerprint density at radius 1 is 0.449 bits per heavy atom. The summed E-state index contributed by atoms with van der Waals surface area (Å²) in [4.78, 5) is 15.1. The highest BCUT2D eigenvalue weighted by Crippen LogP contribution is 2.39. The lowest BCUT2D eigenvalue weighted by Gasteiger charge is -2.11. The third kappa shape index (κ3) is 4.81. The van der Waals surface area contributed by atoms with Gasteiger partial charge in [0.1, 0.15) is 0 Å². The van der Waals surface area contributed by atoms with Crippen molar-refractivity contribution in [3.05, 3.63) is 146 Å². The van der Waals surface area contributed by atoms with E-state index < -0.39 is 0 Å². The van der Waals surface area contributed by atoms with Crippen molar-refractivity contribution in [3.8, 4) is 39.9 Å². The monoisotopic (exact) mass is 631 g/mol. The van der Waals surface area contributed by atoms with Gasteiger partial charge in [0.2, 0.25) is 5.95 Å². The summed E-state index contributed by atoms with van der Waals surface area (Å²) in [6.07, 6.45) is 4.03. The fraction of sp³-hybridized carbons (Fsp3) is 0.114. The van der Waals surface area contributed by atoms with Gasteiger partial charge in [0.05, 0.1) is 11.0 Å². The molecule has 3 heterocycles. The molecule has 3 aromatic heterocycles. The molecule has 1 aliphatic carbocycles. The lowest BCUT2D eigenvalue weighted by molar-refractivity contribution is 0.623. The summed E-state index contributed by atoms with van der Waals surface area (Å²) in [5.74, 6) is 2.80. The van der Waals surface area contributed by atoms with Gasteiger partial charge in [-0.05, 0) is 59.9 Å². The molecule has 5 heteroatoms. The first-order chi connectivity index (χ1) is 24.3. The summed E-state index contributed by atoms with van der Waals surface area (Å²) in [5, 5.41) is 4.98. The van der Waals surface area contributed by atoms with Crippen LogP contribution in [0.15, 0.2) is 146 Å². The lowest BCUT2D eigenvalue weighted by Crippen LogP contribution is -2.06. The SMILES string of the molecule is c1ccc(-c2nc(-c3ccccc3)nc(-n3c4ccccc4c4cc(-c5ccc6c(c5)c5ccccc5n6CCC5CC5)ccc43)n2)cc1. The first-order valence-corrected chi connectivity index (χ1v) is 17.2. The summed E-state index contributed by atoms with van der Waals surface area (Å²) in [7, 11) is 0. The molecule has 5 nitrogen and oxygen atoms in total. The van der Waals surface area contributed by atoms with Gasteiger partial charge in [-0.3, -0.25) is 4.57 Å². The minimum absolute atomic E-state index is 0.604. The Bertz CT molecular complexity index is 2610. The number of aryl methyl sites for hydroxylation is 1. The second-order valence-electron chi connectivity index (χ2n) is 13.2. The molecule has 0 amide bonds. The van der Waals surface area contributed by atoms with E-state index in [0.29, 0.717) is 17.6 Å². The standard InChI is InChI=1S/C44H33N5/c1-3-11-30(12-4-1)42-45-43(31-13-5-2-6-14-31)47-44(46-42)49-40-18-10-8-16-35(40)37-28-33(22-24-41(37)49)32-21-23-39-36(27-32)34-15-7-9-17-38(34)48(39)26-25-29-19-20-29/h1-18,21-24,27-29H,19-20,25-26H2. The average molecular weight is 632 g/mol. The predicted octanol–water partition coefficient (Wildman–Crippen LogP) is 10.9. The number of nitrogens with zero attached hydrogens (tertiary/aromatic N) is 5. The van der Waals surface area contributed by atoms with Crippen molar-refractivity contribution < 1.29 is 0 Å². The Labute approximate surface area is 284 Å². The number of para-hydroxylation sites is 2. The molecule has 1 fully saturated rings. The van der Waals surface area contributed by atoms with E-state index in [1.165, 1.54) is 63.0 Å². The quantitative estimate of drug-likeness (QED) is 0.176. The smallest absolute Gasteiger partial charge is 0.238 e. The van der Waals surface area contributed by atoms with Crippen LogP contribution >= 0.6 is 0 Å². The number of benzene rings is 6. The van der Waals surface area contributed by atoms with E-state index in [-0.39, 0.29) is 0 Å². The highest BCUT2D eigenvalue weighted by atomic mass is 15.2. The molecule has 9 aromatic rings. The number of hydrogen-bond donors (Lipinski definition) is 0. The maximum absolute atomic E-state index is 5.09. The zero-order valence-electron chi connectivity index (χ0n) is 27.0. The fourth-order valence-corrected chi connectivity index (χ4v) is 7.46. The van der Waals surface area contributed by atoms with Gasteiger partial charge in [0.15, 0.2) is 11.6 Å². The largest absolute Gasteiger partial charge is 0.340 e. The molecule has 6 aromatic carbocycles. The minimum atomic E-state index is 0.604. The molecule has 0 radical (unpaired) electrons. The van der Waals surface area contributed by atoms with Crippen LogP contribution in [0.3, 0.4) is 0 Å².